The molecule has 3 atom stereocenters. The minimum Gasteiger partial charge on any atom is -0.353 e. The standard InChI is InChI=1S/C14H25NO2S/c1-2-9-16-14(6-1)17-10-7-15-8-11-18-13-5-3-4-12(13)15/h12-14H,1-11H2/t12-,13+,14-/m0/s1. The van der Waals surface area contributed by atoms with Crippen LogP contribution in [0.25, 0.3) is 0 Å². The predicted molar refractivity (Wildman–Crippen MR) is 75.0 cm³/mol. The molecule has 0 aromatic carbocycles. The third kappa shape index (κ3) is 3.21. The molecule has 1 aliphatic carbocycles. The summed E-state index contributed by atoms with van der Waals surface area (Å²) in [4.78, 5) is 2.66. The number of fused-ring (bicyclic) bond motifs is 1. The maximum absolute atomic E-state index is 5.86. The third-order valence-corrected chi connectivity index (χ3v) is 5.81. The van der Waals surface area contributed by atoms with Gasteiger partial charge in [-0.1, -0.05) is 6.42 Å². The van der Waals surface area contributed by atoms with Crippen molar-refractivity contribution in [3.8, 4) is 0 Å². The molecular weight excluding hydrogens is 246 g/mol. The zero-order valence-corrected chi connectivity index (χ0v) is 12.0. The van der Waals surface area contributed by atoms with E-state index in [0.717, 1.165) is 37.5 Å². The highest BCUT2D eigenvalue weighted by Gasteiger charge is 2.35. The molecular formula is C14H25NO2S. The summed E-state index contributed by atoms with van der Waals surface area (Å²) in [5.41, 5.74) is 0. The first-order valence-corrected chi connectivity index (χ1v) is 8.57. The van der Waals surface area contributed by atoms with Gasteiger partial charge in [-0.2, -0.15) is 11.8 Å². The van der Waals surface area contributed by atoms with Crippen LogP contribution >= 0.6 is 11.8 Å². The second-order valence-corrected chi connectivity index (χ2v) is 6.96. The SMILES string of the molecule is C1CC[C@H](OCCN2CCS[C@@H]3CCC[C@@H]32)OC1. The molecule has 0 spiro atoms. The fraction of sp³-hybridized carbons (Fsp3) is 1.00. The molecule has 3 aliphatic rings. The first-order chi connectivity index (χ1) is 8.93. The summed E-state index contributed by atoms with van der Waals surface area (Å²) in [7, 11) is 0. The van der Waals surface area contributed by atoms with Crippen molar-refractivity contribution >= 4 is 11.8 Å². The van der Waals surface area contributed by atoms with Gasteiger partial charge in [-0.25, -0.2) is 0 Å². The van der Waals surface area contributed by atoms with Crippen LogP contribution in [0.4, 0.5) is 0 Å². The summed E-state index contributed by atoms with van der Waals surface area (Å²) in [6, 6.07) is 0.833. The Bertz CT molecular complexity index is 258. The Labute approximate surface area is 115 Å². The molecule has 3 nitrogen and oxygen atoms in total. The van der Waals surface area contributed by atoms with Gasteiger partial charge in [-0.05, 0) is 32.1 Å². The molecule has 104 valence electrons. The number of hydrogen-bond donors (Lipinski definition) is 0. The molecule has 2 heterocycles. The first kappa shape index (κ1) is 13.2. The van der Waals surface area contributed by atoms with E-state index in [1.807, 2.05) is 0 Å². The van der Waals surface area contributed by atoms with Gasteiger partial charge in [0.15, 0.2) is 6.29 Å². The first-order valence-electron chi connectivity index (χ1n) is 7.52. The molecule has 3 rings (SSSR count). The summed E-state index contributed by atoms with van der Waals surface area (Å²) in [6.45, 7) is 4.08. The van der Waals surface area contributed by atoms with Gasteiger partial charge in [-0.15, -0.1) is 0 Å². The van der Waals surface area contributed by atoms with E-state index in [-0.39, 0.29) is 6.29 Å². The zero-order chi connectivity index (χ0) is 12.2. The molecule has 3 fully saturated rings. The highest BCUT2D eigenvalue weighted by Crippen LogP contribution is 2.36. The smallest absolute Gasteiger partial charge is 0.157 e. The van der Waals surface area contributed by atoms with Crippen LogP contribution in [0.3, 0.4) is 0 Å². The summed E-state index contributed by atoms with van der Waals surface area (Å²) in [6.07, 6.45) is 7.88. The van der Waals surface area contributed by atoms with Crippen LogP contribution in [-0.4, -0.2) is 54.5 Å². The lowest BCUT2D eigenvalue weighted by atomic mass is 10.2. The van der Waals surface area contributed by atoms with Crippen LogP contribution in [0.5, 0.6) is 0 Å². The maximum Gasteiger partial charge on any atom is 0.157 e. The van der Waals surface area contributed by atoms with E-state index in [0.29, 0.717) is 0 Å². The monoisotopic (exact) mass is 271 g/mol. The Kier molecular flexibility index (Phi) is 4.85. The second kappa shape index (κ2) is 6.60. The van der Waals surface area contributed by atoms with E-state index >= 15 is 0 Å². The molecule has 1 saturated carbocycles. The molecule has 0 aromatic heterocycles. The molecule has 0 N–H and O–H groups in total. The Morgan fingerprint density at radius 1 is 1.17 bits per heavy atom. The van der Waals surface area contributed by atoms with Gasteiger partial charge in [0.2, 0.25) is 0 Å². The van der Waals surface area contributed by atoms with Gasteiger partial charge in [0.1, 0.15) is 0 Å². The molecule has 2 aliphatic heterocycles. The van der Waals surface area contributed by atoms with Crippen molar-refractivity contribution in [2.45, 2.75) is 56.1 Å². The quantitative estimate of drug-likeness (QED) is 0.783. The normalized spacial score (nSPS) is 37.7. The lowest BCUT2D eigenvalue weighted by Crippen LogP contribution is -2.46. The average molecular weight is 271 g/mol. The highest BCUT2D eigenvalue weighted by atomic mass is 32.2. The predicted octanol–water partition coefficient (Wildman–Crippen LogP) is 2.50. The summed E-state index contributed by atoms with van der Waals surface area (Å²) >= 11 is 2.19. The van der Waals surface area contributed by atoms with Crippen LogP contribution in [0.15, 0.2) is 0 Å². The minimum atomic E-state index is 0.0808. The van der Waals surface area contributed by atoms with Gasteiger partial charge < -0.3 is 9.47 Å². The molecule has 18 heavy (non-hydrogen) atoms. The van der Waals surface area contributed by atoms with Crippen LogP contribution in [0.2, 0.25) is 0 Å². The molecule has 4 heteroatoms. The Balaban J connectivity index is 1.39. The maximum atomic E-state index is 5.86. The fourth-order valence-corrected chi connectivity index (χ4v) is 4.93. The van der Waals surface area contributed by atoms with Crippen LogP contribution in [-0.2, 0) is 9.47 Å². The van der Waals surface area contributed by atoms with Crippen molar-refractivity contribution in [2.24, 2.45) is 0 Å². The number of nitrogens with zero attached hydrogens (tertiary/aromatic N) is 1. The molecule has 0 bridgehead atoms. The number of hydrogen-bond acceptors (Lipinski definition) is 4. The molecule has 0 amide bonds. The number of thioether (sulfide) groups is 1. The van der Waals surface area contributed by atoms with Crippen molar-refractivity contribution < 1.29 is 9.47 Å². The van der Waals surface area contributed by atoms with Gasteiger partial charge in [-0.3, -0.25) is 4.90 Å². The van der Waals surface area contributed by atoms with Gasteiger partial charge in [0, 0.05) is 36.7 Å². The van der Waals surface area contributed by atoms with Crippen LogP contribution in [0.1, 0.15) is 38.5 Å². The summed E-state index contributed by atoms with van der Waals surface area (Å²) < 4.78 is 11.5. The third-order valence-electron chi connectivity index (χ3n) is 4.42. The van der Waals surface area contributed by atoms with Gasteiger partial charge >= 0.3 is 0 Å². The number of rotatable bonds is 4. The molecule has 0 unspecified atom stereocenters. The summed E-state index contributed by atoms with van der Waals surface area (Å²) in [5, 5.41) is 0.907. The van der Waals surface area contributed by atoms with Crippen molar-refractivity contribution in [3.63, 3.8) is 0 Å². The van der Waals surface area contributed by atoms with Gasteiger partial charge in [0.05, 0.1) is 6.61 Å². The Morgan fingerprint density at radius 3 is 3.06 bits per heavy atom. The average Bonchev–Trinajstić information content (AvgIpc) is 2.89. The van der Waals surface area contributed by atoms with E-state index in [1.54, 1.807) is 0 Å². The topological polar surface area (TPSA) is 21.7 Å². The molecule has 0 aromatic rings. The number of ether oxygens (including phenoxy) is 2. The Hall–Kier alpha value is 0.230. The van der Waals surface area contributed by atoms with E-state index in [2.05, 4.69) is 16.7 Å². The van der Waals surface area contributed by atoms with Crippen LogP contribution < -0.4 is 0 Å². The van der Waals surface area contributed by atoms with E-state index < -0.39 is 0 Å². The van der Waals surface area contributed by atoms with Crippen molar-refractivity contribution in [1.82, 2.24) is 4.90 Å². The molecule has 0 radical (unpaired) electrons. The second-order valence-electron chi connectivity index (χ2n) is 5.61. The fourth-order valence-electron chi connectivity index (χ4n) is 3.43. The Morgan fingerprint density at radius 2 is 2.17 bits per heavy atom. The largest absolute Gasteiger partial charge is 0.353 e. The van der Waals surface area contributed by atoms with E-state index in [9.17, 15) is 0 Å². The molecule has 2 saturated heterocycles. The van der Waals surface area contributed by atoms with Crippen molar-refractivity contribution in [1.29, 1.82) is 0 Å². The zero-order valence-electron chi connectivity index (χ0n) is 11.2. The van der Waals surface area contributed by atoms with E-state index in [1.165, 1.54) is 44.4 Å². The van der Waals surface area contributed by atoms with E-state index in [4.69, 9.17) is 9.47 Å². The highest BCUT2D eigenvalue weighted by molar-refractivity contribution is 8.00. The lowest BCUT2D eigenvalue weighted by molar-refractivity contribution is -0.164. The van der Waals surface area contributed by atoms with Gasteiger partial charge in [0.25, 0.3) is 0 Å². The van der Waals surface area contributed by atoms with Crippen LogP contribution in [0, 0.1) is 0 Å². The lowest BCUT2D eigenvalue weighted by Gasteiger charge is -2.37. The van der Waals surface area contributed by atoms with Crippen molar-refractivity contribution in [2.75, 3.05) is 32.1 Å². The summed E-state index contributed by atoms with van der Waals surface area (Å²) in [5.74, 6) is 1.31. The van der Waals surface area contributed by atoms with Crippen molar-refractivity contribution in [3.05, 3.63) is 0 Å². The minimum absolute atomic E-state index is 0.0808.